The molecule has 5 heteroatoms. The first-order valence-electron chi connectivity index (χ1n) is 10.2. The van der Waals surface area contributed by atoms with Crippen LogP contribution in [0.4, 0.5) is 10.5 Å². The molecule has 1 aliphatic carbocycles. The second-order valence-electron chi connectivity index (χ2n) is 8.37. The van der Waals surface area contributed by atoms with E-state index in [1.165, 1.54) is 19.3 Å². The Labute approximate surface area is 168 Å². The lowest BCUT2D eigenvalue weighted by atomic mass is 9.94. The van der Waals surface area contributed by atoms with Crippen LogP contribution in [0.25, 0.3) is 0 Å². The Morgan fingerprint density at radius 2 is 1.68 bits per heavy atom. The summed E-state index contributed by atoms with van der Waals surface area (Å²) in [6.45, 7) is 6.18. The van der Waals surface area contributed by atoms with Crippen LogP contribution in [-0.4, -0.2) is 27.7 Å². The summed E-state index contributed by atoms with van der Waals surface area (Å²) >= 11 is 0. The molecule has 1 heterocycles. The third-order valence-corrected chi connectivity index (χ3v) is 4.89. The summed E-state index contributed by atoms with van der Waals surface area (Å²) in [7, 11) is 0. The average molecular weight is 382 g/mol. The Balaban J connectivity index is 1.97. The van der Waals surface area contributed by atoms with Gasteiger partial charge in [0, 0.05) is 12.4 Å². The van der Waals surface area contributed by atoms with Crippen LogP contribution in [0, 0.1) is 0 Å². The predicted octanol–water partition coefficient (Wildman–Crippen LogP) is 5.57. The molecule has 5 nitrogen and oxygen atoms in total. The minimum absolute atomic E-state index is 0.271. The van der Waals surface area contributed by atoms with Crippen molar-refractivity contribution < 1.29 is 9.53 Å². The molecule has 28 heavy (non-hydrogen) atoms. The van der Waals surface area contributed by atoms with Gasteiger partial charge in [0.2, 0.25) is 0 Å². The Kier molecular flexibility index (Phi) is 6.55. The van der Waals surface area contributed by atoms with Gasteiger partial charge >= 0.3 is 6.09 Å². The number of aromatic nitrogens is 1. The molecule has 0 bridgehead atoms. The van der Waals surface area contributed by atoms with E-state index in [4.69, 9.17) is 4.74 Å². The molecule has 0 N–H and O–H groups in total. The number of amides is 1. The summed E-state index contributed by atoms with van der Waals surface area (Å²) in [4.78, 5) is 17.4. The van der Waals surface area contributed by atoms with Crippen LogP contribution < -0.4 is 5.01 Å². The predicted molar refractivity (Wildman–Crippen MR) is 112 cm³/mol. The number of ether oxygens (including phenoxy) is 1. The molecule has 0 radical (unpaired) electrons. The molecule has 2 aromatic rings. The molecule has 0 aliphatic heterocycles. The maximum atomic E-state index is 13.3. The van der Waals surface area contributed by atoms with Gasteiger partial charge in [-0.3, -0.25) is 9.99 Å². The zero-order valence-corrected chi connectivity index (χ0v) is 17.2. The first-order valence-corrected chi connectivity index (χ1v) is 10.2. The number of rotatable bonds is 5. The largest absolute Gasteiger partial charge is 0.442 e. The zero-order valence-electron chi connectivity index (χ0n) is 17.2. The number of nitrogens with zero attached hydrogens (tertiary/aromatic N) is 3. The van der Waals surface area contributed by atoms with Crippen molar-refractivity contribution in [3.05, 3.63) is 60.4 Å². The molecule has 0 saturated heterocycles. The molecule has 1 fully saturated rings. The number of pyridine rings is 1. The van der Waals surface area contributed by atoms with E-state index in [0.717, 1.165) is 24.1 Å². The second kappa shape index (κ2) is 9.09. The molecule has 1 aromatic heterocycles. The highest BCUT2D eigenvalue weighted by Gasteiger charge is 2.32. The first-order chi connectivity index (χ1) is 13.4. The molecule has 1 aliphatic rings. The topological polar surface area (TPSA) is 45.7 Å². The van der Waals surface area contributed by atoms with E-state index in [0.29, 0.717) is 6.54 Å². The highest BCUT2D eigenvalue weighted by atomic mass is 16.6. The molecular weight excluding hydrogens is 350 g/mol. The molecule has 0 atom stereocenters. The first kappa shape index (κ1) is 20.2. The molecule has 0 unspecified atom stereocenters. The molecule has 150 valence electrons. The normalized spacial score (nSPS) is 15.1. The Bertz CT molecular complexity index is 737. The van der Waals surface area contributed by atoms with Crippen LogP contribution in [0.3, 0.4) is 0 Å². The standard InChI is InChI=1S/C23H31N3O2/c1-23(2,3)28-22(27)25(18-19-10-6-4-7-11-19)26(20-12-8-5-9-13-20)21-14-16-24-17-15-21/h4,6-7,10-11,14-17,20H,5,8-9,12-13,18H2,1-3H3. The summed E-state index contributed by atoms with van der Waals surface area (Å²) in [5.41, 5.74) is 1.49. The van der Waals surface area contributed by atoms with Crippen LogP contribution in [0.2, 0.25) is 0 Å². The van der Waals surface area contributed by atoms with Crippen molar-refractivity contribution in [1.82, 2.24) is 9.99 Å². The number of hydrogen-bond acceptors (Lipinski definition) is 4. The van der Waals surface area contributed by atoms with Crippen molar-refractivity contribution in [2.75, 3.05) is 5.01 Å². The molecule has 1 amide bonds. The van der Waals surface area contributed by atoms with Crippen molar-refractivity contribution in [3.63, 3.8) is 0 Å². The highest BCUT2D eigenvalue weighted by molar-refractivity contribution is 5.71. The van der Waals surface area contributed by atoms with Gasteiger partial charge < -0.3 is 4.74 Å². The fraction of sp³-hybridized carbons (Fsp3) is 0.478. The lowest BCUT2D eigenvalue weighted by Gasteiger charge is -2.43. The number of hydrogen-bond donors (Lipinski definition) is 0. The number of benzene rings is 1. The third kappa shape index (κ3) is 5.47. The molecule has 3 rings (SSSR count). The van der Waals surface area contributed by atoms with E-state index in [1.54, 1.807) is 17.4 Å². The van der Waals surface area contributed by atoms with Gasteiger partial charge in [0.05, 0.1) is 18.3 Å². The summed E-state index contributed by atoms with van der Waals surface area (Å²) in [6.07, 6.45) is 8.98. The monoisotopic (exact) mass is 381 g/mol. The summed E-state index contributed by atoms with van der Waals surface area (Å²) in [5, 5.41) is 3.91. The smallest absolute Gasteiger partial charge is 0.429 e. The highest BCUT2D eigenvalue weighted by Crippen LogP contribution is 2.30. The maximum Gasteiger partial charge on any atom is 0.429 e. The van der Waals surface area contributed by atoms with Crippen molar-refractivity contribution in [2.45, 2.75) is 71.1 Å². The lowest BCUT2D eigenvalue weighted by molar-refractivity contribution is 0.0173. The minimum Gasteiger partial charge on any atom is -0.442 e. The third-order valence-electron chi connectivity index (χ3n) is 4.89. The van der Waals surface area contributed by atoms with Gasteiger partial charge in [-0.05, 0) is 51.3 Å². The quantitative estimate of drug-likeness (QED) is 0.635. The van der Waals surface area contributed by atoms with Crippen molar-refractivity contribution >= 4 is 11.8 Å². The zero-order chi connectivity index (χ0) is 20.0. The van der Waals surface area contributed by atoms with Gasteiger partial charge in [0.1, 0.15) is 5.60 Å². The van der Waals surface area contributed by atoms with Crippen LogP contribution in [0.5, 0.6) is 0 Å². The number of anilines is 1. The van der Waals surface area contributed by atoms with Crippen molar-refractivity contribution in [2.24, 2.45) is 0 Å². The fourth-order valence-corrected chi connectivity index (χ4v) is 3.67. The Hall–Kier alpha value is -2.56. The molecule has 1 aromatic carbocycles. The van der Waals surface area contributed by atoms with E-state index < -0.39 is 5.60 Å². The molecule has 1 saturated carbocycles. The Morgan fingerprint density at radius 1 is 1.04 bits per heavy atom. The van der Waals surface area contributed by atoms with Gasteiger partial charge in [-0.2, -0.15) is 0 Å². The number of carbonyl (C=O) groups is 1. The fourth-order valence-electron chi connectivity index (χ4n) is 3.67. The molecular formula is C23H31N3O2. The number of hydrazine groups is 1. The summed E-state index contributed by atoms with van der Waals surface area (Å²) in [5.74, 6) is 0. The van der Waals surface area contributed by atoms with Gasteiger partial charge in [-0.15, -0.1) is 0 Å². The second-order valence-corrected chi connectivity index (χ2v) is 8.37. The van der Waals surface area contributed by atoms with Crippen LogP contribution in [0.1, 0.15) is 58.4 Å². The van der Waals surface area contributed by atoms with Crippen LogP contribution in [-0.2, 0) is 11.3 Å². The average Bonchev–Trinajstić information content (AvgIpc) is 2.69. The van der Waals surface area contributed by atoms with E-state index in [1.807, 2.05) is 63.2 Å². The van der Waals surface area contributed by atoms with E-state index >= 15 is 0 Å². The number of carbonyl (C=O) groups excluding carboxylic acids is 1. The van der Waals surface area contributed by atoms with Crippen molar-refractivity contribution in [3.8, 4) is 0 Å². The van der Waals surface area contributed by atoms with Crippen LogP contribution in [0.15, 0.2) is 54.9 Å². The summed E-state index contributed by atoms with van der Waals surface area (Å²) < 4.78 is 5.80. The van der Waals surface area contributed by atoms with E-state index in [9.17, 15) is 4.79 Å². The maximum absolute atomic E-state index is 13.3. The lowest BCUT2D eigenvalue weighted by Crippen LogP contribution is -2.53. The van der Waals surface area contributed by atoms with Gasteiger partial charge in [-0.25, -0.2) is 9.80 Å². The van der Waals surface area contributed by atoms with E-state index in [-0.39, 0.29) is 12.1 Å². The van der Waals surface area contributed by atoms with Gasteiger partial charge in [-0.1, -0.05) is 49.6 Å². The molecule has 0 spiro atoms. The van der Waals surface area contributed by atoms with E-state index in [2.05, 4.69) is 9.99 Å². The summed E-state index contributed by atoms with van der Waals surface area (Å²) in [6, 6.07) is 14.3. The SMILES string of the molecule is CC(C)(C)OC(=O)N(Cc1ccccc1)N(c1ccncc1)C1CCCCC1. The van der Waals surface area contributed by atoms with Crippen LogP contribution >= 0.6 is 0 Å². The van der Waals surface area contributed by atoms with Gasteiger partial charge in [0.15, 0.2) is 0 Å². The Morgan fingerprint density at radius 3 is 2.29 bits per heavy atom. The van der Waals surface area contributed by atoms with Crippen molar-refractivity contribution in [1.29, 1.82) is 0 Å². The van der Waals surface area contributed by atoms with Gasteiger partial charge in [0.25, 0.3) is 0 Å². The minimum atomic E-state index is -0.553.